The summed E-state index contributed by atoms with van der Waals surface area (Å²) >= 11 is 0. The second kappa shape index (κ2) is 5.40. The van der Waals surface area contributed by atoms with Crippen LogP contribution < -0.4 is 0 Å². The molecule has 0 aliphatic carbocycles. The molecule has 1 unspecified atom stereocenters. The molecular formula is C15H20FNO3. The second-order valence-corrected chi connectivity index (χ2v) is 6.14. The molecule has 1 amide bonds. The fourth-order valence-electron chi connectivity index (χ4n) is 2.12. The molecule has 2 rings (SSSR count). The predicted molar refractivity (Wildman–Crippen MR) is 72.7 cm³/mol. The van der Waals surface area contributed by atoms with Crippen molar-refractivity contribution in [2.45, 2.75) is 32.5 Å². The highest BCUT2D eigenvalue weighted by Crippen LogP contribution is 2.30. The zero-order valence-corrected chi connectivity index (χ0v) is 12.0. The van der Waals surface area contributed by atoms with Crippen molar-refractivity contribution in [2.24, 2.45) is 5.92 Å². The molecule has 1 heterocycles. The smallest absolute Gasteiger partial charge is 0.410 e. The summed E-state index contributed by atoms with van der Waals surface area (Å²) in [5, 5.41) is 10.2. The lowest BCUT2D eigenvalue weighted by Gasteiger charge is -2.42. The van der Waals surface area contributed by atoms with Crippen LogP contribution in [0.25, 0.3) is 0 Å². The van der Waals surface area contributed by atoms with Crippen LogP contribution in [-0.2, 0) is 4.74 Å². The maximum Gasteiger partial charge on any atom is 0.410 e. The van der Waals surface area contributed by atoms with Crippen LogP contribution in [0.2, 0.25) is 0 Å². The number of amides is 1. The average molecular weight is 281 g/mol. The van der Waals surface area contributed by atoms with Gasteiger partial charge in [0.1, 0.15) is 11.4 Å². The monoisotopic (exact) mass is 281 g/mol. The minimum Gasteiger partial charge on any atom is -0.444 e. The van der Waals surface area contributed by atoms with E-state index in [1.54, 1.807) is 17.0 Å². The van der Waals surface area contributed by atoms with Gasteiger partial charge in [-0.15, -0.1) is 0 Å². The van der Waals surface area contributed by atoms with Gasteiger partial charge >= 0.3 is 6.09 Å². The standard InChI is InChI=1S/C15H20FNO3/c1-15(2,3)20-14(19)17-8-11(9-17)13(18)10-4-6-12(16)7-5-10/h4-7,11,13,18H,8-9H2,1-3H3. The van der Waals surface area contributed by atoms with Crippen LogP contribution in [0.15, 0.2) is 24.3 Å². The van der Waals surface area contributed by atoms with Crippen LogP contribution >= 0.6 is 0 Å². The van der Waals surface area contributed by atoms with E-state index in [2.05, 4.69) is 0 Å². The van der Waals surface area contributed by atoms with Crippen LogP contribution in [0.3, 0.4) is 0 Å². The summed E-state index contributed by atoms with van der Waals surface area (Å²) in [6.45, 7) is 6.35. The Hall–Kier alpha value is -1.62. The normalized spacial score (nSPS) is 17.6. The average Bonchev–Trinajstić information content (AvgIpc) is 2.25. The third kappa shape index (κ3) is 3.48. The Morgan fingerprint density at radius 3 is 2.40 bits per heavy atom. The maximum absolute atomic E-state index is 12.8. The molecule has 0 aromatic heterocycles. The summed E-state index contributed by atoms with van der Waals surface area (Å²) in [4.78, 5) is 13.3. The topological polar surface area (TPSA) is 49.8 Å². The number of hydrogen-bond acceptors (Lipinski definition) is 3. The van der Waals surface area contributed by atoms with Crippen LogP contribution in [-0.4, -0.2) is 34.8 Å². The van der Waals surface area contributed by atoms with Crippen molar-refractivity contribution in [3.63, 3.8) is 0 Å². The SMILES string of the molecule is CC(C)(C)OC(=O)N1CC(C(O)c2ccc(F)cc2)C1. The van der Waals surface area contributed by atoms with Gasteiger partial charge in [-0.1, -0.05) is 12.1 Å². The van der Waals surface area contributed by atoms with Crippen molar-refractivity contribution in [3.05, 3.63) is 35.6 Å². The zero-order chi connectivity index (χ0) is 14.9. The third-order valence-electron chi connectivity index (χ3n) is 3.22. The van der Waals surface area contributed by atoms with E-state index in [4.69, 9.17) is 4.74 Å². The van der Waals surface area contributed by atoms with Gasteiger partial charge in [0.15, 0.2) is 0 Å². The quantitative estimate of drug-likeness (QED) is 0.906. The fourth-order valence-corrected chi connectivity index (χ4v) is 2.12. The molecule has 5 heteroatoms. The number of aliphatic hydroxyl groups excluding tert-OH is 1. The van der Waals surface area contributed by atoms with Crippen LogP contribution in [0.1, 0.15) is 32.4 Å². The summed E-state index contributed by atoms with van der Waals surface area (Å²) in [6.07, 6.45) is -1.05. The number of hydrogen-bond donors (Lipinski definition) is 1. The highest BCUT2D eigenvalue weighted by atomic mass is 19.1. The number of likely N-dealkylation sites (tertiary alicyclic amines) is 1. The molecule has 1 aromatic rings. The largest absolute Gasteiger partial charge is 0.444 e. The Labute approximate surface area is 118 Å². The number of aliphatic hydroxyl groups is 1. The van der Waals surface area contributed by atoms with E-state index in [9.17, 15) is 14.3 Å². The van der Waals surface area contributed by atoms with E-state index >= 15 is 0 Å². The van der Waals surface area contributed by atoms with E-state index in [1.807, 2.05) is 20.8 Å². The molecule has 4 nitrogen and oxygen atoms in total. The first-order chi connectivity index (χ1) is 9.26. The maximum atomic E-state index is 12.8. The second-order valence-electron chi connectivity index (χ2n) is 6.14. The minimum atomic E-state index is -0.686. The summed E-state index contributed by atoms with van der Waals surface area (Å²) in [5.41, 5.74) is 0.151. The van der Waals surface area contributed by atoms with Crippen LogP contribution in [0.4, 0.5) is 9.18 Å². The van der Waals surface area contributed by atoms with Gasteiger partial charge in [-0.25, -0.2) is 9.18 Å². The molecule has 1 aromatic carbocycles. The third-order valence-corrected chi connectivity index (χ3v) is 3.22. The Balaban J connectivity index is 1.87. The Bertz CT molecular complexity index is 475. The highest BCUT2D eigenvalue weighted by Gasteiger charge is 2.38. The minimum absolute atomic E-state index is 0.0343. The molecule has 1 fully saturated rings. The van der Waals surface area contributed by atoms with E-state index in [1.165, 1.54) is 12.1 Å². The lowest BCUT2D eigenvalue weighted by atomic mass is 9.89. The van der Waals surface area contributed by atoms with Crippen LogP contribution in [0, 0.1) is 11.7 Å². The highest BCUT2D eigenvalue weighted by molar-refractivity contribution is 5.69. The lowest BCUT2D eigenvalue weighted by molar-refractivity contribution is -0.0314. The molecular weight excluding hydrogens is 261 g/mol. The number of halogens is 1. The van der Waals surface area contributed by atoms with Crippen molar-refractivity contribution in [3.8, 4) is 0 Å². The van der Waals surface area contributed by atoms with Gasteiger partial charge < -0.3 is 14.7 Å². The molecule has 1 aliphatic rings. The first-order valence-corrected chi connectivity index (χ1v) is 6.68. The molecule has 1 N–H and O–H groups in total. The molecule has 0 bridgehead atoms. The first-order valence-electron chi connectivity index (χ1n) is 6.68. The van der Waals surface area contributed by atoms with Crippen molar-refractivity contribution >= 4 is 6.09 Å². The molecule has 110 valence electrons. The number of carbonyl (C=O) groups excluding carboxylic acids is 1. The Morgan fingerprint density at radius 1 is 1.35 bits per heavy atom. The molecule has 20 heavy (non-hydrogen) atoms. The van der Waals surface area contributed by atoms with Gasteiger partial charge in [-0.3, -0.25) is 0 Å². The Morgan fingerprint density at radius 2 is 1.90 bits per heavy atom. The Kier molecular flexibility index (Phi) is 3.99. The molecule has 1 aliphatic heterocycles. The summed E-state index contributed by atoms with van der Waals surface area (Å²) in [7, 11) is 0. The predicted octanol–water partition coefficient (Wildman–Crippen LogP) is 2.73. The molecule has 1 saturated heterocycles. The lowest BCUT2D eigenvalue weighted by Crippen LogP contribution is -2.53. The summed E-state index contributed by atoms with van der Waals surface area (Å²) in [6, 6.07) is 5.78. The van der Waals surface area contributed by atoms with Crippen LogP contribution in [0.5, 0.6) is 0 Å². The van der Waals surface area contributed by atoms with E-state index in [0.717, 1.165) is 0 Å². The number of carbonyl (C=O) groups is 1. The van der Waals surface area contributed by atoms with Crippen molar-refractivity contribution in [2.75, 3.05) is 13.1 Å². The zero-order valence-electron chi connectivity index (χ0n) is 12.0. The van der Waals surface area contributed by atoms with Crippen molar-refractivity contribution in [1.82, 2.24) is 4.90 Å². The van der Waals surface area contributed by atoms with Gasteiger partial charge in [0.05, 0.1) is 6.10 Å². The molecule has 0 radical (unpaired) electrons. The van der Waals surface area contributed by atoms with Gasteiger partial charge in [-0.05, 0) is 38.5 Å². The molecule has 0 spiro atoms. The number of rotatable bonds is 2. The van der Waals surface area contributed by atoms with Gasteiger partial charge in [0.25, 0.3) is 0 Å². The van der Waals surface area contributed by atoms with Crippen molar-refractivity contribution in [1.29, 1.82) is 0 Å². The summed E-state index contributed by atoms with van der Waals surface area (Å²) < 4.78 is 18.1. The van der Waals surface area contributed by atoms with Crippen molar-refractivity contribution < 1.29 is 19.0 Å². The molecule has 0 saturated carbocycles. The van der Waals surface area contributed by atoms with Gasteiger partial charge in [0, 0.05) is 19.0 Å². The first kappa shape index (κ1) is 14.8. The fraction of sp³-hybridized carbons (Fsp3) is 0.533. The number of ether oxygens (including phenoxy) is 1. The van der Waals surface area contributed by atoms with E-state index in [-0.39, 0.29) is 17.8 Å². The summed E-state index contributed by atoms with van der Waals surface area (Å²) in [5.74, 6) is -0.363. The number of benzene rings is 1. The number of nitrogens with zero attached hydrogens (tertiary/aromatic N) is 1. The van der Waals surface area contributed by atoms with E-state index in [0.29, 0.717) is 18.7 Å². The van der Waals surface area contributed by atoms with E-state index < -0.39 is 11.7 Å². The molecule has 1 atom stereocenters. The van der Waals surface area contributed by atoms with Gasteiger partial charge in [0.2, 0.25) is 0 Å². The van der Waals surface area contributed by atoms with Gasteiger partial charge in [-0.2, -0.15) is 0 Å².